The molecule has 0 heterocycles. The maximum absolute atomic E-state index is 11.6. The number of amides is 1. The molecular weight excluding hydrogens is 216 g/mol. The van der Waals surface area contributed by atoms with E-state index in [4.69, 9.17) is 5.73 Å². The Morgan fingerprint density at radius 3 is 2.33 bits per heavy atom. The third-order valence-corrected chi connectivity index (χ3v) is 4.23. The van der Waals surface area contributed by atoms with Crippen molar-refractivity contribution in [1.29, 1.82) is 0 Å². The fourth-order valence-electron chi connectivity index (χ4n) is 1.07. The second-order valence-corrected chi connectivity index (χ2v) is 6.11. The van der Waals surface area contributed by atoms with Crippen LogP contribution in [0.2, 0.25) is 0 Å². The van der Waals surface area contributed by atoms with Crippen LogP contribution in [0, 0.1) is 0 Å². The maximum Gasteiger partial charge on any atom is 0.238 e. The van der Waals surface area contributed by atoms with Gasteiger partial charge in [-0.05, 0) is 20.3 Å². The summed E-state index contributed by atoms with van der Waals surface area (Å²) < 4.78 is 23.2. The van der Waals surface area contributed by atoms with Crippen molar-refractivity contribution in [3.8, 4) is 0 Å². The number of carbonyl (C=O) groups excluding carboxylic acids is 1. The number of hydrogen-bond donors (Lipinski definition) is 2. The van der Waals surface area contributed by atoms with Crippen LogP contribution < -0.4 is 11.1 Å². The van der Waals surface area contributed by atoms with Crippen LogP contribution >= 0.6 is 0 Å². The first-order chi connectivity index (χ1) is 6.81. The van der Waals surface area contributed by atoms with Crippen molar-refractivity contribution >= 4 is 15.7 Å². The minimum Gasteiger partial charge on any atom is -0.355 e. The number of carbonyl (C=O) groups is 1. The van der Waals surface area contributed by atoms with Crippen LogP contribution in [0.1, 0.15) is 27.2 Å². The third kappa shape index (κ3) is 5.13. The zero-order valence-corrected chi connectivity index (χ0v) is 10.3. The first-order valence-corrected chi connectivity index (χ1v) is 6.77. The fourth-order valence-corrected chi connectivity index (χ4v) is 2.50. The predicted octanol–water partition coefficient (Wildman–Crippen LogP) is -0.337. The summed E-state index contributed by atoms with van der Waals surface area (Å²) in [5.74, 6) is -0.606. The SMILES string of the molecule is CCCNC(=O)C(C)S(=O)(=O)CC(C)N. The van der Waals surface area contributed by atoms with Crippen molar-refractivity contribution in [2.24, 2.45) is 5.73 Å². The Morgan fingerprint density at radius 1 is 1.40 bits per heavy atom. The van der Waals surface area contributed by atoms with Crippen molar-refractivity contribution in [3.05, 3.63) is 0 Å². The molecule has 0 aliphatic heterocycles. The third-order valence-electron chi connectivity index (χ3n) is 1.95. The highest BCUT2D eigenvalue weighted by atomic mass is 32.2. The lowest BCUT2D eigenvalue weighted by Gasteiger charge is -2.14. The molecule has 0 aliphatic rings. The van der Waals surface area contributed by atoms with Crippen LogP contribution in [0.3, 0.4) is 0 Å². The number of nitrogens with one attached hydrogen (secondary N) is 1. The molecule has 90 valence electrons. The van der Waals surface area contributed by atoms with E-state index in [1.54, 1.807) is 6.92 Å². The summed E-state index contributed by atoms with van der Waals surface area (Å²) in [5, 5.41) is 1.53. The lowest BCUT2D eigenvalue weighted by atomic mass is 10.4. The van der Waals surface area contributed by atoms with Crippen LogP contribution in [0.15, 0.2) is 0 Å². The van der Waals surface area contributed by atoms with Gasteiger partial charge in [0.25, 0.3) is 0 Å². The topological polar surface area (TPSA) is 89.3 Å². The van der Waals surface area contributed by atoms with Crippen molar-refractivity contribution in [3.63, 3.8) is 0 Å². The van der Waals surface area contributed by atoms with Gasteiger partial charge in [-0.15, -0.1) is 0 Å². The van der Waals surface area contributed by atoms with E-state index in [0.717, 1.165) is 6.42 Å². The van der Waals surface area contributed by atoms with Crippen molar-refractivity contribution in [1.82, 2.24) is 5.32 Å². The molecule has 0 saturated carbocycles. The van der Waals surface area contributed by atoms with Gasteiger partial charge in [0.1, 0.15) is 5.25 Å². The molecule has 2 atom stereocenters. The molecule has 0 saturated heterocycles. The first kappa shape index (κ1) is 14.4. The smallest absolute Gasteiger partial charge is 0.238 e. The Bertz CT molecular complexity index is 298. The number of nitrogens with two attached hydrogens (primary N) is 1. The van der Waals surface area contributed by atoms with E-state index in [-0.39, 0.29) is 5.75 Å². The molecule has 15 heavy (non-hydrogen) atoms. The normalized spacial score (nSPS) is 15.7. The van der Waals surface area contributed by atoms with Crippen molar-refractivity contribution in [2.75, 3.05) is 12.3 Å². The van der Waals surface area contributed by atoms with Crippen molar-refractivity contribution < 1.29 is 13.2 Å². The molecule has 5 nitrogen and oxygen atoms in total. The highest BCUT2D eigenvalue weighted by Gasteiger charge is 2.28. The largest absolute Gasteiger partial charge is 0.355 e. The molecular formula is C9H20N2O3S. The van der Waals surface area contributed by atoms with Crippen LogP contribution in [-0.2, 0) is 14.6 Å². The second-order valence-electron chi connectivity index (χ2n) is 3.74. The van der Waals surface area contributed by atoms with Gasteiger partial charge >= 0.3 is 0 Å². The van der Waals surface area contributed by atoms with E-state index < -0.39 is 27.0 Å². The standard InChI is InChI=1S/C9H20N2O3S/c1-4-5-11-9(12)8(3)15(13,14)6-7(2)10/h7-8H,4-6,10H2,1-3H3,(H,11,12). The molecule has 0 radical (unpaired) electrons. The molecule has 0 aromatic carbocycles. The van der Waals surface area contributed by atoms with Gasteiger partial charge in [0.2, 0.25) is 5.91 Å². The van der Waals surface area contributed by atoms with Gasteiger partial charge in [-0.3, -0.25) is 4.79 Å². The zero-order valence-electron chi connectivity index (χ0n) is 9.49. The minimum atomic E-state index is -3.43. The molecule has 0 aromatic heterocycles. The van der Waals surface area contributed by atoms with Gasteiger partial charge in [-0.1, -0.05) is 6.92 Å². The first-order valence-electron chi connectivity index (χ1n) is 5.06. The van der Waals surface area contributed by atoms with E-state index in [2.05, 4.69) is 5.32 Å². The summed E-state index contributed by atoms with van der Waals surface area (Å²) in [7, 11) is -3.43. The van der Waals surface area contributed by atoms with E-state index in [9.17, 15) is 13.2 Å². The molecule has 1 amide bonds. The molecule has 2 unspecified atom stereocenters. The molecule has 3 N–H and O–H groups in total. The Morgan fingerprint density at radius 2 is 1.93 bits per heavy atom. The summed E-state index contributed by atoms with van der Waals surface area (Å²) in [6.07, 6.45) is 0.784. The quantitative estimate of drug-likeness (QED) is 0.660. The number of hydrogen-bond acceptors (Lipinski definition) is 4. The molecule has 0 spiro atoms. The second kappa shape index (κ2) is 6.07. The summed E-state index contributed by atoms with van der Waals surface area (Å²) in [4.78, 5) is 11.4. The Hall–Kier alpha value is -0.620. The minimum absolute atomic E-state index is 0.159. The summed E-state index contributed by atoms with van der Waals surface area (Å²) >= 11 is 0. The average Bonchev–Trinajstić information content (AvgIpc) is 2.10. The maximum atomic E-state index is 11.6. The Balaban J connectivity index is 4.42. The Kier molecular flexibility index (Phi) is 5.82. The van der Waals surface area contributed by atoms with Crippen LogP contribution in [0.25, 0.3) is 0 Å². The summed E-state index contributed by atoms with van der Waals surface area (Å²) in [5.41, 5.74) is 5.41. The van der Waals surface area contributed by atoms with E-state index >= 15 is 0 Å². The zero-order chi connectivity index (χ0) is 12.1. The van der Waals surface area contributed by atoms with Crippen molar-refractivity contribution in [2.45, 2.75) is 38.5 Å². The molecule has 6 heteroatoms. The predicted molar refractivity (Wildman–Crippen MR) is 60.2 cm³/mol. The lowest BCUT2D eigenvalue weighted by molar-refractivity contribution is -0.120. The van der Waals surface area contributed by atoms with E-state index in [1.807, 2.05) is 6.92 Å². The average molecular weight is 236 g/mol. The van der Waals surface area contributed by atoms with E-state index in [1.165, 1.54) is 6.92 Å². The molecule has 0 aromatic rings. The molecule has 0 fully saturated rings. The molecule has 0 rings (SSSR count). The van der Waals surface area contributed by atoms with Crippen LogP contribution in [0.5, 0.6) is 0 Å². The summed E-state index contributed by atoms with van der Waals surface area (Å²) in [6, 6.07) is -0.448. The summed E-state index contributed by atoms with van der Waals surface area (Å²) in [6.45, 7) is 5.40. The number of rotatable bonds is 6. The van der Waals surface area contributed by atoms with Gasteiger partial charge in [0.15, 0.2) is 9.84 Å². The molecule has 0 aliphatic carbocycles. The highest BCUT2D eigenvalue weighted by Crippen LogP contribution is 2.03. The number of sulfone groups is 1. The van der Waals surface area contributed by atoms with E-state index in [0.29, 0.717) is 6.54 Å². The highest BCUT2D eigenvalue weighted by molar-refractivity contribution is 7.92. The van der Waals surface area contributed by atoms with Crippen LogP contribution in [-0.4, -0.2) is 37.9 Å². The van der Waals surface area contributed by atoms with Gasteiger partial charge in [0, 0.05) is 12.6 Å². The van der Waals surface area contributed by atoms with Gasteiger partial charge in [-0.2, -0.15) is 0 Å². The van der Waals surface area contributed by atoms with Gasteiger partial charge < -0.3 is 11.1 Å². The molecule has 0 bridgehead atoms. The van der Waals surface area contributed by atoms with Gasteiger partial charge in [0.05, 0.1) is 5.75 Å². The van der Waals surface area contributed by atoms with Crippen LogP contribution in [0.4, 0.5) is 0 Å². The lowest BCUT2D eigenvalue weighted by Crippen LogP contribution is -2.41. The Labute approximate surface area is 91.3 Å². The fraction of sp³-hybridized carbons (Fsp3) is 0.889. The monoisotopic (exact) mass is 236 g/mol. The van der Waals surface area contributed by atoms with Gasteiger partial charge in [-0.25, -0.2) is 8.42 Å².